The number of pyridine rings is 1. The lowest BCUT2D eigenvalue weighted by Gasteiger charge is -2.40. The number of anilines is 2. The van der Waals surface area contributed by atoms with Gasteiger partial charge in [-0.05, 0) is 43.5 Å². The fourth-order valence-corrected chi connectivity index (χ4v) is 5.79. The number of hydrogen-bond donors (Lipinski definition) is 2. The smallest absolute Gasteiger partial charge is 0.329 e. The molecule has 3 N–H and O–H groups in total. The lowest BCUT2D eigenvalue weighted by atomic mass is 9.91. The van der Waals surface area contributed by atoms with Gasteiger partial charge in [0.15, 0.2) is 0 Å². The lowest BCUT2D eigenvalue weighted by molar-refractivity contribution is -0.135. The van der Waals surface area contributed by atoms with Gasteiger partial charge in [0.2, 0.25) is 11.8 Å². The number of hydrogen-bond acceptors (Lipinski definition) is 8. The quantitative estimate of drug-likeness (QED) is 0.471. The molecule has 2 aliphatic heterocycles. The van der Waals surface area contributed by atoms with Crippen LogP contribution in [-0.2, 0) is 21.4 Å². The number of benzene rings is 1. The predicted octanol–water partition coefficient (Wildman–Crippen LogP) is 1.89. The molecule has 1 atom stereocenters. The molecule has 200 valence electrons. The summed E-state index contributed by atoms with van der Waals surface area (Å²) in [6.07, 6.45) is 6.22. The zero-order valence-electron chi connectivity index (χ0n) is 21.3. The summed E-state index contributed by atoms with van der Waals surface area (Å²) in [5, 5.41) is 2.37. The number of carbonyl (C=O) groups excluding carboxylic acids is 2. The molecule has 2 amide bonds. The molecule has 3 aromatic rings. The Kier molecular flexibility index (Phi) is 6.30. The second-order valence-corrected chi connectivity index (χ2v) is 10.4. The van der Waals surface area contributed by atoms with Crippen molar-refractivity contribution in [1.29, 1.82) is 0 Å². The highest BCUT2D eigenvalue weighted by molar-refractivity contribution is 6.00. The largest absolute Gasteiger partial charge is 0.489 e. The Labute approximate surface area is 219 Å². The molecule has 1 unspecified atom stereocenters. The van der Waals surface area contributed by atoms with Crippen LogP contribution in [0.5, 0.6) is 5.75 Å². The number of rotatable bonds is 6. The van der Waals surface area contributed by atoms with Gasteiger partial charge < -0.3 is 20.1 Å². The molecule has 1 aliphatic carbocycles. The van der Waals surface area contributed by atoms with Crippen LogP contribution in [0.3, 0.4) is 0 Å². The van der Waals surface area contributed by atoms with E-state index in [9.17, 15) is 14.4 Å². The van der Waals surface area contributed by atoms with Gasteiger partial charge in [-0.15, -0.1) is 0 Å². The number of para-hydroxylation sites is 1. The van der Waals surface area contributed by atoms with Crippen molar-refractivity contribution in [2.24, 2.45) is 7.05 Å². The molecular formula is C27H32N6O5. The Bertz CT molecular complexity index is 1420. The van der Waals surface area contributed by atoms with E-state index < -0.39 is 11.9 Å². The molecule has 2 saturated heterocycles. The van der Waals surface area contributed by atoms with E-state index in [1.807, 2.05) is 24.3 Å². The van der Waals surface area contributed by atoms with Gasteiger partial charge in [0.25, 0.3) is 0 Å². The average Bonchev–Trinajstić information content (AvgIpc) is 3.14. The minimum atomic E-state index is -0.690. The van der Waals surface area contributed by atoms with Crippen LogP contribution in [0.25, 0.3) is 11.0 Å². The Morgan fingerprint density at radius 3 is 2.50 bits per heavy atom. The highest BCUT2D eigenvalue weighted by Gasteiger charge is 2.35. The summed E-state index contributed by atoms with van der Waals surface area (Å²) < 4.78 is 15.4. The number of piperidine rings is 2. The minimum absolute atomic E-state index is 0.137. The van der Waals surface area contributed by atoms with Gasteiger partial charge in [-0.3, -0.25) is 24.0 Å². The number of imidazole rings is 1. The van der Waals surface area contributed by atoms with Crippen LogP contribution in [0, 0.1) is 0 Å². The van der Waals surface area contributed by atoms with E-state index in [0.717, 1.165) is 55.7 Å². The molecule has 0 spiro atoms. The maximum atomic E-state index is 13.2. The van der Waals surface area contributed by atoms with E-state index in [2.05, 4.69) is 15.2 Å². The van der Waals surface area contributed by atoms with Crippen molar-refractivity contribution in [2.45, 2.75) is 62.9 Å². The summed E-state index contributed by atoms with van der Waals surface area (Å²) in [6.45, 7) is 1.62. The van der Waals surface area contributed by atoms with Crippen LogP contribution in [-0.4, -0.2) is 57.3 Å². The van der Waals surface area contributed by atoms with Crippen LogP contribution in [0.15, 0.2) is 41.3 Å². The summed E-state index contributed by atoms with van der Waals surface area (Å²) in [6, 6.07) is 8.70. The average molecular weight is 521 g/mol. The summed E-state index contributed by atoms with van der Waals surface area (Å²) in [4.78, 5) is 43.7. The summed E-state index contributed by atoms with van der Waals surface area (Å²) in [7, 11) is 1.74. The van der Waals surface area contributed by atoms with Crippen molar-refractivity contribution >= 4 is 34.4 Å². The molecule has 3 aliphatic rings. The van der Waals surface area contributed by atoms with Crippen molar-refractivity contribution in [2.75, 3.05) is 23.7 Å². The van der Waals surface area contributed by atoms with Gasteiger partial charge in [-0.1, -0.05) is 6.07 Å². The monoisotopic (exact) mass is 520 g/mol. The fourth-order valence-electron chi connectivity index (χ4n) is 5.79. The summed E-state index contributed by atoms with van der Waals surface area (Å²) in [5.74, 6) is 0.483. The second kappa shape index (κ2) is 9.79. The molecular weight excluding hydrogens is 488 g/mol. The maximum absolute atomic E-state index is 13.2. The first kappa shape index (κ1) is 24.5. The zero-order chi connectivity index (χ0) is 26.4. The van der Waals surface area contributed by atoms with E-state index >= 15 is 0 Å². The van der Waals surface area contributed by atoms with Crippen LogP contribution in [0.1, 0.15) is 44.6 Å². The Morgan fingerprint density at radius 1 is 1.00 bits per heavy atom. The predicted molar refractivity (Wildman–Crippen MR) is 141 cm³/mol. The van der Waals surface area contributed by atoms with Crippen LogP contribution in [0.4, 0.5) is 11.5 Å². The molecule has 0 radical (unpaired) electrons. The molecule has 1 saturated carbocycles. The third-order valence-electron chi connectivity index (χ3n) is 7.88. The van der Waals surface area contributed by atoms with E-state index in [-0.39, 0.29) is 36.3 Å². The number of nitrogens with two attached hydrogens (primary N) is 1. The Hall–Kier alpha value is -3.86. The number of nitrogen functional groups attached to an aromatic ring is 1. The molecule has 4 heterocycles. The molecule has 0 bridgehead atoms. The Balaban J connectivity index is 1.09. The van der Waals surface area contributed by atoms with Gasteiger partial charge >= 0.3 is 5.69 Å². The molecule has 38 heavy (non-hydrogen) atoms. The Morgan fingerprint density at radius 2 is 1.79 bits per heavy atom. The maximum Gasteiger partial charge on any atom is 0.329 e. The normalized spacial score (nSPS) is 24.3. The summed E-state index contributed by atoms with van der Waals surface area (Å²) in [5.41, 5.74) is 7.86. The van der Waals surface area contributed by atoms with Gasteiger partial charge in [0.1, 0.15) is 23.7 Å². The number of ether oxygens (including phenoxy) is 2. The molecule has 1 aromatic carbocycles. The minimum Gasteiger partial charge on any atom is -0.489 e. The third kappa shape index (κ3) is 4.51. The van der Waals surface area contributed by atoms with E-state index in [0.29, 0.717) is 17.8 Å². The first-order chi connectivity index (χ1) is 18.4. The molecule has 3 fully saturated rings. The van der Waals surface area contributed by atoms with Gasteiger partial charge in [-0.25, -0.2) is 9.78 Å². The number of aromatic nitrogens is 3. The number of nitrogens with zero attached hydrogens (tertiary/aromatic N) is 4. The lowest BCUT2D eigenvalue weighted by Crippen LogP contribution is -2.44. The van der Waals surface area contributed by atoms with Crippen LogP contribution < -0.4 is 26.4 Å². The first-order valence-corrected chi connectivity index (χ1v) is 13.2. The van der Waals surface area contributed by atoms with Crippen molar-refractivity contribution in [1.82, 2.24) is 19.4 Å². The highest BCUT2D eigenvalue weighted by Crippen LogP contribution is 2.34. The number of imide groups is 1. The first-order valence-electron chi connectivity index (χ1n) is 13.2. The van der Waals surface area contributed by atoms with Crippen molar-refractivity contribution in [3.8, 4) is 5.75 Å². The van der Waals surface area contributed by atoms with Gasteiger partial charge in [-0.2, -0.15) is 0 Å². The van der Waals surface area contributed by atoms with Crippen LogP contribution >= 0.6 is 0 Å². The van der Waals surface area contributed by atoms with Crippen molar-refractivity contribution in [3.63, 3.8) is 0 Å². The number of fused-ring (bicyclic) bond motifs is 1. The fraction of sp³-hybridized carbons (Fsp3) is 0.481. The SMILES string of the molecule is Cn1c(=O)n(C2CCC(=O)NC2=O)c2cccc(N3CCC(OC4CC(Oc5ccc(N)nc5)C4)CC3)c21. The number of aryl methyl sites for hydroxylation is 1. The standard InChI is InChI=1S/C27H32N6O5/c1-31-25-20(3-2-4-21(25)33(27(31)36)22-6-8-24(34)30-26(22)35)32-11-9-16(10-12-32)37-18-13-19(14-18)38-17-5-7-23(28)29-15-17/h2-5,7,15-16,18-19,22H,6,8-14H2,1H3,(H2,28,29)(H,30,34,35). The van der Waals surface area contributed by atoms with Crippen LogP contribution in [0.2, 0.25) is 0 Å². The van der Waals surface area contributed by atoms with Gasteiger partial charge in [0.05, 0.1) is 35.1 Å². The number of nitrogens with one attached hydrogen (secondary N) is 1. The summed E-state index contributed by atoms with van der Waals surface area (Å²) >= 11 is 0. The number of carbonyl (C=O) groups is 2. The molecule has 11 heteroatoms. The van der Waals surface area contributed by atoms with E-state index in [4.69, 9.17) is 15.2 Å². The number of amides is 2. The van der Waals surface area contributed by atoms with Crippen molar-refractivity contribution in [3.05, 3.63) is 47.0 Å². The molecule has 11 nitrogen and oxygen atoms in total. The topological polar surface area (TPSA) is 134 Å². The van der Waals surface area contributed by atoms with Gasteiger partial charge in [0, 0.05) is 39.4 Å². The van der Waals surface area contributed by atoms with E-state index in [1.54, 1.807) is 23.9 Å². The highest BCUT2D eigenvalue weighted by atomic mass is 16.5. The second-order valence-electron chi connectivity index (χ2n) is 10.4. The third-order valence-corrected chi connectivity index (χ3v) is 7.88. The molecule has 2 aromatic heterocycles. The molecule has 6 rings (SSSR count). The zero-order valence-corrected chi connectivity index (χ0v) is 21.3. The van der Waals surface area contributed by atoms with E-state index in [1.165, 1.54) is 4.57 Å². The van der Waals surface area contributed by atoms with Crippen molar-refractivity contribution < 1.29 is 19.1 Å².